The summed E-state index contributed by atoms with van der Waals surface area (Å²) in [6.07, 6.45) is 1.80. The van der Waals surface area contributed by atoms with E-state index in [2.05, 4.69) is 62.0 Å². The van der Waals surface area contributed by atoms with Gasteiger partial charge >= 0.3 is 0 Å². The number of nitrogen functional groups attached to an aromatic ring is 1. The van der Waals surface area contributed by atoms with Crippen molar-refractivity contribution in [3.05, 3.63) is 72.3 Å². The first kappa shape index (κ1) is 12.5. The maximum atomic E-state index is 5.99. The van der Waals surface area contributed by atoms with Gasteiger partial charge in [0.05, 0.1) is 0 Å². The molecular weight excluding hydrogens is 242 g/mol. The van der Waals surface area contributed by atoms with Gasteiger partial charge in [-0.1, -0.05) is 54.6 Å². The van der Waals surface area contributed by atoms with Gasteiger partial charge < -0.3 is 5.73 Å². The van der Waals surface area contributed by atoms with Crippen LogP contribution in [0.2, 0.25) is 0 Å². The lowest BCUT2D eigenvalue weighted by Crippen LogP contribution is -1.89. The summed E-state index contributed by atoms with van der Waals surface area (Å²) >= 11 is 0. The summed E-state index contributed by atoms with van der Waals surface area (Å²) in [6, 6.07) is 19.1. The minimum absolute atomic E-state index is 0.774. The first-order valence-corrected chi connectivity index (χ1v) is 6.70. The maximum Gasteiger partial charge on any atom is 0.0393 e. The summed E-state index contributed by atoms with van der Waals surface area (Å²) in [7, 11) is 0. The lowest BCUT2D eigenvalue weighted by Gasteiger charge is -2.07. The highest BCUT2D eigenvalue weighted by atomic mass is 14.6. The van der Waals surface area contributed by atoms with Crippen molar-refractivity contribution in [3.63, 3.8) is 0 Å². The van der Waals surface area contributed by atoms with Crippen LogP contribution in [0.1, 0.15) is 11.1 Å². The van der Waals surface area contributed by atoms with Crippen LogP contribution in [0.25, 0.3) is 28.0 Å². The summed E-state index contributed by atoms with van der Waals surface area (Å²) in [4.78, 5) is 0. The second-order valence-corrected chi connectivity index (χ2v) is 5.11. The fourth-order valence-electron chi connectivity index (χ4n) is 2.44. The molecular formula is C19H17N. The fraction of sp³-hybridized carbons (Fsp3) is 0.0526. The fourth-order valence-corrected chi connectivity index (χ4v) is 2.44. The average molecular weight is 259 g/mol. The van der Waals surface area contributed by atoms with Gasteiger partial charge in [0, 0.05) is 5.69 Å². The van der Waals surface area contributed by atoms with Gasteiger partial charge in [0.1, 0.15) is 0 Å². The average Bonchev–Trinajstić information content (AvgIpc) is 2.47. The Hall–Kier alpha value is -2.54. The number of fused-ring (bicyclic) bond motifs is 1. The highest BCUT2D eigenvalue weighted by Crippen LogP contribution is 2.28. The Morgan fingerprint density at radius 1 is 0.850 bits per heavy atom. The number of nitrogens with two attached hydrogens (primary N) is 1. The van der Waals surface area contributed by atoms with E-state index in [0.29, 0.717) is 0 Å². The molecule has 3 aromatic carbocycles. The molecule has 0 spiro atoms. The Morgan fingerprint density at radius 2 is 1.55 bits per heavy atom. The number of hydrogen-bond acceptors (Lipinski definition) is 1. The zero-order chi connectivity index (χ0) is 14.1. The Bertz CT molecular complexity index is 783. The van der Waals surface area contributed by atoms with Crippen molar-refractivity contribution >= 4 is 22.5 Å². The number of rotatable bonds is 2. The Morgan fingerprint density at radius 3 is 2.25 bits per heavy atom. The first-order chi connectivity index (χ1) is 9.67. The summed E-state index contributed by atoms with van der Waals surface area (Å²) in [5.74, 6) is 0. The van der Waals surface area contributed by atoms with E-state index in [4.69, 9.17) is 5.73 Å². The third kappa shape index (κ3) is 2.19. The van der Waals surface area contributed by atoms with Crippen LogP contribution in [0.5, 0.6) is 0 Å². The molecule has 0 bridgehead atoms. The summed E-state index contributed by atoms with van der Waals surface area (Å²) in [5.41, 5.74) is 11.5. The van der Waals surface area contributed by atoms with Gasteiger partial charge in [-0.15, -0.1) is 0 Å². The number of aryl methyl sites for hydroxylation is 1. The van der Waals surface area contributed by atoms with Gasteiger partial charge in [0.25, 0.3) is 0 Å². The first-order valence-electron chi connectivity index (χ1n) is 6.70. The highest BCUT2D eigenvalue weighted by Gasteiger charge is 2.03. The van der Waals surface area contributed by atoms with Crippen LogP contribution in [0.4, 0.5) is 5.69 Å². The molecule has 0 aliphatic heterocycles. The third-order valence-corrected chi connectivity index (χ3v) is 3.65. The summed E-state index contributed by atoms with van der Waals surface area (Å²) in [5, 5.41) is 2.34. The molecule has 0 saturated carbocycles. The number of anilines is 1. The lowest BCUT2D eigenvalue weighted by molar-refractivity contribution is 1.47. The quantitative estimate of drug-likeness (QED) is 0.641. The molecule has 3 rings (SSSR count). The van der Waals surface area contributed by atoms with Crippen molar-refractivity contribution in [2.45, 2.75) is 6.92 Å². The third-order valence-electron chi connectivity index (χ3n) is 3.65. The Kier molecular flexibility index (Phi) is 3.03. The lowest BCUT2D eigenvalue weighted by atomic mass is 9.98. The molecule has 0 atom stereocenters. The second kappa shape index (κ2) is 4.86. The largest absolute Gasteiger partial charge is 0.398 e. The number of benzene rings is 3. The maximum absolute atomic E-state index is 5.99. The molecule has 1 heteroatoms. The van der Waals surface area contributed by atoms with Gasteiger partial charge in [0.2, 0.25) is 0 Å². The van der Waals surface area contributed by atoms with Crippen molar-refractivity contribution in [3.8, 4) is 11.1 Å². The summed E-state index contributed by atoms with van der Waals surface area (Å²) in [6.45, 7) is 5.91. The number of hydrogen-bond donors (Lipinski definition) is 1. The van der Waals surface area contributed by atoms with E-state index in [9.17, 15) is 0 Å². The molecule has 0 saturated heterocycles. The molecule has 3 aromatic rings. The zero-order valence-electron chi connectivity index (χ0n) is 11.6. The molecule has 98 valence electrons. The minimum Gasteiger partial charge on any atom is -0.398 e. The molecule has 0 heterocycles. The van der Waals surface area contributed by atoms with Gasteiger partial charge in [0.15, 0.2) is 0 Å². The SMILES string of the molecule is C=Cc1cc2cc(-c3ccc(C)cc3)ccc2cc1N. The standard InChI is InChI=1S/C19H17N/c1-3-14-10-18-11-16(8-9-17(18)12-19(14)20)15-6-4-13(2)5-7-15/h3-12H,1,20H2,2H3. The van der Waals surface area contributed by atoms with Crippen molar-refractivity contribution in [2.75, 3.05) is 5.73 Å². The van der Waals surface area contributed by atoms with E-state index in [1.807, 2.05) is 6.07 Å². The van der Waals surface area contributed by atoms with Crippen LogP contribution in [0.3, 0.4) is 0 Å². The van der Waals surface area contributed by atoms with E-state index in [1.165, 1.54) is 22.1 Å². The van der Waals surface area contributed by atoms with E-state index in [-0.39, 0.29) is 0 Å². The van der Waals surface area contributed by atoms with Gasteiger partial charge in [-0.3, -0.25) is 0 Å². The summed E-state index contributed by atoms with van der Waals surface area (Å²) < 4.78 is 0. The minimum atomic E-state index is 0.774. The predicted octanol–water partition coefficient (Wildman–Crippen LogP) is 5.04. The normalized spacial score (nSPS) is 10.7. The molecule has 0 radical (unpaired) electrons. The zero-order valence-corrected chi connectivity index (χ0v) is 11.6. The molecule has 0 fully saturated rings. The molecule has 2 N–H and O–H groups in total. The van der Waals surface area contributed by atoms with E-state index >= 15 is 0 Å². The van der Waals surface area contributed by atoms with Gasteiger partial charge in [-0.25, -0.2) is 0 Å². The second-order valence-electron chi connectivity index (χ2n) is 5.11. The van der Waals surface area contributed by atoms with Crippen LogP contribution in [-0.2, 0) is 0 Å². The molecule has 0 aliphatic rings. The molecule has 0 unspecified atom stereocenters. The van der Waals surface area contributed by atoms with Crippen molar-refractivity contribution in [2.24, 2.45) is 0 Å². The van der Waals surface area contributed by atoms with E-state index in [1.54, 1.807) is 6.08 Å². The molecule has 0 amide bonds. The van der Waals surface area contributed by atoms with E-state index in [0.717, 1.165) is 16.6 Å². The molecule has 20 heavy (non-hydrogen) atoms. The van der Waals surface area contributed by atoms with Crippen LogP contribution in [0, 0.1) is 6.92 Å². The van der Waals surface area contributed by atoms with E-state index < -0.39 is 0 Å². The van der Waals surface area contributed by atoms with Crippen LogP contribution < -0.4 is 5.73 Å². The van der Waals surface area contributed by atoms with Gasteiger partial charge in [-0.2, -0.15) is 0 Å². The Labute approximate surface area is 119 Å². The molecule has 1 nitrogen and oxygen atoms in total. The predicted molar refractivity (Wildman–Crippen MR) is 88.6 cm³/mol. The smallest absolute Gasteiger partial charge is 0.0393 e. The Balaban J connectivity index is 2.16. The van der Waals surface area contributed by atoms with Crippen LogP contribution in [-0.4, -0.2) is 0 Å². The molecule has 0 aliphatic carbocycles. The highest BCUT2D eigenvalue weighted by molar-refractivity contribution is 5.92. The van der Waals surface area contributed by atoms with Crippen molar-refractivity contribution < 1.29 is 0 Å². The monoisotopic (exact) mass is 259 g/mol. The van der Waals surface area contributed by atoms with Crippen LogP contribution in [0.15, 0.2) is 61.2 Å². The van der Waals surface area contributed by atoms with Crippen molar-refractivity contribution in [1.29, 1.82) is 0 Å². The topological polar surface area (TPSA) is 26.0 Å². The van der Waals surface area contributed by atoms with Gasteiger partial charge in [-0.05, 0) is 52.6 Å². The van der Waals surface area contributed by atoms with Crippen LogP contribution >= 0.6 is 0 Å². The van der Waals surface area contributed by atoms with Crippen molar-refractivity contribution in [1.82, 2.24) is 0 Å². The molecule has 0 aromatic heterocycles.